The van der Waals surface area contributed by atoms with Crippen LogP contribution in [0.2, 0.25) is 5.02 Å². The molecule has 16 heavy (non-hydrogen) atoms. The number of anilines is 2. The molecule has 1 aromatic rings. The number of nitrogens with zero attached hydrogens (tertiary/aromatic N) is 1. The molecule has 0 saturated carbocycles. The maximum atomic E-state index is 6.04. The van der Waals surface area contributed by atoms with Gasteiger partial charge in [-0.05, 0) is 31.5 Å². The molecule has 1 aliphatic heterocycles. The first-order valence-corrected chi connectivity index (χ1v) is 6.04. The second-order valence-electron chi connectivity index (χ2n) is 4.35. The van der Waals surface area contributed by atoms with Crippen LogP contribution in [0.3, 0.4) is 0 Å². The molecule has 1 atom stereocenters. The summed E-state index contributed by atoms with van der Waals surface area (Å²) in [6.07, 6.45) is 1.01. The smallest absolute Gasteiger partial charge is 0.107 e. The third-order valence-electron chi connectivity index (χ3n) is 3.29. The fourth-order valence-corrected chi connectivity index (χ4v) is 2.40. The fraction of sp³-hybridized carbons (Fsp3) is 0.500. The molecule has 4 heteroatoms. The average molecular weight is 240 g/mol. The molecule has 0 spiro atoms. The highest BCUT2D eigenvalue weighted by Crippen LogP contribution is 2.42. The van der Waals surface area contributed by atoms with E-state index in [-0.39, 0.29) is 5.66 Å². The standard InChI is InChI=1S/C12H18ClN3/c1-3-12(2)15-10-5-4-9(13)8-11(10)16(12)7-6-14/h4-5,8,15H,3,6-7,14H2,1-2H3. The topological polar surface area (TPSA) is 41.3 Å². The van der Waals surface area contributed by atoms with Gasteiger partial charge in [0, 0.05) is 18.1 Å². The van der Waals surface area contributed by atoms with Crippen molar-refractivity contribution in [2.45, 2.75) is 25.9 Å². The number of hydrogen-bond donors (Lipinski definition) is 2. The van der Waals surface area contributed by atoms with Crippen LogP contribution in [0, 0.1) is 0 Å². The lowest BCUT2D eigenvalue weighted by atomic mass is 10.1. The molecule has 0 aromatic heterocycles. The Labute approximate surface area is 102 Å². The minimum absolute atomic E-state index is 0.0492. The van der Waals surface area contributed by atoms with Gasteiger partial charge in [-0.2, -0.15) is 0 Å². The normalized spacial score (nSPS) is 23.1. The second-order valence-corrected chi connectivity index (χ2v) is 4.79. The van der Waals surface area contributed by atoms with E-state index in [1.54, 1.807) is 0 Å². The van der Waals surface area contributed by atoms with Gasteiger partial charge < -0.3 is 16.0 Å². The highest BCUT2D eigenvalue weighted by molar-refractivity contribution is 6.31. The van der Waals surface area contributed by atoms with Gasteiger partial charge in [-0.3, -0.25) is 0 Å². The molecular formula is C12H18ClN3. The summed E-state index contributed by atoms with van der Waals surface area (Å²) in [6.45, 7) is 5.84. The van der Waals surface area contributed by atoms with Gasteiger partial charge in [0.25, 0.3) is 0 Å². The third-order valence-corrected chi connectivity index (χ3v) is 3.53. The molecule has 88 valence electrons. The lowest BCUT2D eigenvalue weighted by Gasteiger charge is -2.36. The van der Waals surface area contributed by atoms with Crippen molar-refractivity contribution in [2.24, 2.45) is 5.73 Å². The summed E-state index contributed by atoms with van der Waals surface area (Å²) in [6, 6.07) is 5.94. The molecule has 1 unspecified atom stereocenters. The first kappa shape index (κ1) is 11.6. The van der Waals surface area contributed by atoms with Crippen LogP contribution in [-0.4, -0.2) is 18.8 Å². The van der Waals surface area contributed by atoms with Gasteiger partial charge in [0.2, 0.25) is 0 Å². The summed E-state index contributed by atoms with van der Waals surface area (Å²) in [5, 5.41) is 4.30. The van der Waals surface area contributed by atoms with Gasteiger partial charge in [-0.1, -0.05) is 18.5 Å². The molecule has 0 bridgehead atoms. The third kappa shape index (κ3) is 1.74. The fourth-order valence-electron chi connectivity index (χ4n) is 2.23. The Morgan fingerprint density at radius 1 is 1.50 bits per heavy atom. The summed E-state index contributed by atoms with van der Waals surface area (Å²) in [4.78, 5) is 2.30. The quantitative estimate of drug-likeness (QED) is 0.852. The Bertz CT molecular complexity index is 394. The number of rotatable bonds is 3. The van der Waals surface area contributed by atoms with E-state index in [9.17, 15) is 0 Å². The zero-order valence-corrected chi connectivity index (χ0v) is 10.5. The largest absolute Gasteiger partial charge is 0.361 e. The Hall–Kier alpha value is -0.930. The molecule has 3 nitrogen and oxygen atoms in total. The molecule has 0 saturated heterocycles. The van der Waals surface area contributed by atoms with E-state index in [4.69, 9.17) is 17.3 Å². The molecular weight excluding hydrogens is 222 g/mol. The van der Waals surface area contributed by atoms with Gasteiger partial charge in [-0.15, -0.1) is 0 Å². The molecule has 0 aliphatic carbocycles. The van der Waals surface area contributed by atoms with Crippen LogP contribution in [-0.2, 0) is 0 Å². The van der Waals surface area contributed by atoms with E-state index in [0.717, 1.165) is 29.4 Å². The van der Waals surface area contributed by atoms with Crippen molar-refractivity contribution < 1.29 is 0 Å². The zero-order valence-electron chi connectivity index (χ0n) is 9.76. The van der Waals surface area contributed by atoms with Crippen LogP contribution in [0.5, 0.6) is 0 Å². The van der Waals surface area contributed by atoms with Gasteiger partial charge in [0.1, 0.15) is 5.66 Å². The van der Waals surface area contributed by atoms with Crippen molar-refractivity contribution in [3.8, 4) is 0 Å². The summed E-state index contributed by atoms with van der Waals surface area (Å²) >= 11 is 6.04. The predicted octanol–water partition coefficient (Wildman–Crippen LogP) is 2.66. The predicted molar refractivity (Wildman–Crippen MR) is 70.2 cm³/mol. The Kier molecular flexibility index (Phi) is 3.00. The number of benzene rings is 1. The number of nitrogens with one attached hydrogen (secondary N) is 1. The van der Waals surface area contributed by atoms with Crippen LogP contribution in [0.15, 0.2) is 18.2 Å². The minimum Gasteiger partial charge on any atom is -0.361 e. The van der Waals surface area contributed by atoms with Gasteiger partial charge >= 0.3 is 0 Å². The Morgan fingerprint density at radius 3 is 2.88 bits per heavy atom. The van der Waals surface area contributed by atoms with E-state index in [0.29, 0.717) is 6.54 Å². The Morgan fingerprint density at radius 2 is 2.25 bits per heavy atom. The van der Waals surface area contributed by atoms with Crippen molar-refractivity contribution in [3.05, 3.63) is 23.2 Å². The van der Waals surface area contributed by atoms with Crippen LogP contribution < -0.4 is 16.0 Å². The molecule has 1 aromatic carbocycles. The summed E-state index contributed by atoms with van der Waals surface area (Å²) in [5.41, 5.74) is 7.92. The van der Waals surface area contributed by atoms with Crippen LogP contribution in [0.4, 0.5) is 11.4 Å². The summed E-state index contributed by atoms with van der Waals surface area (Å²) in [7, 11) is 0. The lowest BCUT2D eigenvalue weighted by molar-refractivity contribution is 0.480. The van der Waals surface area contributed by atoms with Crippen molar-refractivity contribution in [1.82, 2.24) is 0 Å². The van der Waals surface area contributed by atoms with Crippen molar-refractivity contribution >= 4 is 23.0 Å². The summed E-state index contributed by atoms with van der Waals surface area (Å²) in [5.74, 6) is 0. The highest BCUT2D eigenvalue weighted by Gasteiger charge is 2.37. The van der Waals surface area contributed by atoms with Crippen molar-refractivity contribution in [1.29, 1.82) is 0 Å². The highest BCUT2D eigenvalue weighted by atomic mass is 35.5. The zero-order chi connectivity index (χ0) is 11.8. The van der Waals surface area contributed by atoms with Gasteiger partial charge in [-0.25, -0.2) is 0 Å². The first-order chi connectivity index (χ1) is 7.60. The number of hydrogen-bond acceptors (Lipinski definition) is 3. The lowest BCUT2D eigenvalue weighted by Crippen LogP contribution is -2.49. The van der Waals surface area contributed by atoms with Crippen molar-refractivity contribution in [2.75, 3.05) is 23.3 Å². The van der Waals surface area contributed by atoms with Gasteiger partial charge in [0.05, 0.1) is 11.4 Å². The minimum atomic E-state index is -0.0492. The molecule has 1 heterocycles. The maximum absolute atomic E-state index is 6.04. The first-order valence-electron chi connectivity index (χ1n) is 5.66. The molecule has 1 aliphatic rings. The summed E-state index contributed by atoms with van der Waals surface area (Å²) < 4.78 is 0. The van der Waals surface area contributed by atoms with Crippen LogP contribution in [0.1, 0.15) is 20.3 Å². The van der Waals surface area contributed by atoms with E-state index in [2.05, 4.69) is 24.1 Å². The number of fused-ring (bicyclic) bond motifs is 1. The van der Waals surface area contributed by atoms with Crippen molar-refractivity contribution in [3.63, 3.8) is 0 Å². The van der Waals surface area contributed by atoms with E-state index in [1.807, 2.05) is 18.2 Å². The number of nitrogens with two attached hydrogens (primary N) is 1. The van der Waals surface area contributed by atoms with Crippen LogP contribution >= 0.6 is 11.6 Å². The molecule has 0 fully saturated rings. The Balaban J connectivity index is 2.42. The second kappa shape index (κ2) is 4.15. The van der Waals surface area contributed by atoms with E-state index < -0.39 is 0 Å². The SMILES string of the molecule is CCC1(C)Nc2ccc(Cl)cc2N1CCN. The van der Waals surface area contributed by atoms with E-state index >= 15 is 0 Å². The molecule has 3 N–H and O–H groups in total. The monoisotopic (exact) mass is 239 g/mol. The number of halogens is 1. The molecule has 2 rings (SSSR count). The van der Waals surface area contributed by atoms with Gasteiger partial charge in [0.15, 0.2) is 0 Å². The van der Waals surface area contributed by atoms with E-state index in [1.165, 1.54) is 0 Å². The molecule has 0 radical (unpaired) electrons. The molecule has 0 amide bonds. The van der Waals surface area contributed by atoms with Crippen LogP contribution in [0.25, 0.3) is 0 Å². The average Bonchev–Trinajstić information content (AvgIpc) is 2.54. The maximum Gasteiger partial charge on any atom is 0.107 e.